The Balaban J connectivity index is 0.000000244. The van der Waals surface area contributed by atoms with E-state index in [0.29, 0.717) is 5.56 Å². The summed E-state index contributed by atoms with van der Waals surface area (Å²) >= 11 is 0. The Bertz CT molecular complexity index is 3230. The molecule has 6 heteroatoms. The summed E-state index contributed by atoms with van der Waals surface area (Å²) in [7, 11) is -1.34. The van der Waals surface area contributed by atoms with Crippen molar-refractivity contribution in [2.24, 2.45) is 0 Å². The molecule has 0 spiro atoms. The number of furan rings is 1. The van der Waals surface area contributed by atoms with Crippen LogP contribution in [0.15, 0.2) is 168 Å². The molecule has 321 valence electrons. The largest absolute Gasteiger partial charge is 0.501 e. The molecule has 0 saturated heterocycles. The number of nitrogens with zero attached hydrogens (tertiary/aromatic N) is 3. The maximum absolute atomic E-state index is 7.35. The van der Waals surface area contributed by atoms with E-state index in [1.807, 2.05) is 24.4 Å². The molecule has 64 heavy (non-hydrogen) atoms. The summed E-state index contributed by atoms with van der Waals surface area (Å²) in [6.07, 6.45) is 1.92. The molecule has 0 aliphatic rings. The normalized spacial score (nSPS) is 12.5. The summed E-state index contributed by atoms with van der Waals surface area (Å²) in [5, 5.41) is 3.46. The molecular weight excluding hydrogens is 975 g/mol. The van der Waals surface area contributed by atoms with Gasteiger partial charge in [-0.05, 0) is 86.4 Å². The van der Waals surface area contributed by atoms with Gasteiger partial charge < -0.3 is 14.0 Å². The molecule has 10 rings (SSSR count). The van der Waals surface area contributed by atoms with Crippen molar-refractivity contribution in [3.63, 3.8) is 0 Å². The first kappa shape index (κ1) is 40.6. The number of rotatable bonds is 8. The van der Waals surface area contributed by atoms with Crippen molar-refractivity contribution in [2.45, 2.75) is 66.0 Å². The number of hydrogen-bond acceptors (Lipinski definition) is 3. The van der Waals surface area contributed by atoms with Crippen molar-refractivity contribution in [3.8, 4) is 50.6 Å². The Morgan fingerprint density at radius 3 is 1.94 bits per heavy atom. The molecule has 3 heterocycles. The van der Waals surface area contributed by atoms with Gasteiger partial charge in [-0.25, -0.2) is 0 Å². The van der Waals surface area contributed by atoms with E-state index in [1.54, 1.807) is 12.1 Å². The number of para-hydroxylation sites is 2. The van der Waals surface area contributed by atoms with Crippen LogP contribution in [-0.4, -0.2) is 22.6 Å². The SMILES string of the molecule is CC(C)c1cc(-c2ccccc2)cc(C(C)C)c1-n1c(-c2[c-]ccc3c2oc2cc(-c4ccccc4)ccc23)nc2ccccc21.[2H]C([2H])([2H])c1c[c-]c(-c2ccc([Si](C)(C)C)cn2)cc1.[Ir]. The molecule has 1 radical (unpaired) electrons. The number of pyridine rings is 1. The van der Waals surface area contributed by atoms with Crippen molar-refractivity contribution in [3.05, 3.63) is 193 Å². The molecule has 4 nitrogen and oxygen atoms in total. The zero-order valence-corrected chi connectivity index (χ0v) is 40.7. The Kier molecular flexibility index (Phi) is 11.7. The fraction of sp³-hybridized carbons (Fsp3) is 0.172. The molecule has 7 aromatic carbocycles. The molecule has 3 aromatic heterocycles. The van der Waals surface area contributed by atoms with Gasteiger partial charge in [0.25, 0.3) is 0 Å². The summed E-state index contributed by atoms with van der Waals surface area (Å²) in [6.45, 7) is 13.9. The van der Waals surface area contributed by atoms with Crippen LogP contribution in [0, 0.1) is 19.0 Å². The molecule has 0 saturated carbocycles. The third-order valence-electron chi connectivity index (χ3n) is 11.8. The van der Waals surface area contributed by atoms with Crippen molar-refractivity contribution in [1.82, 2.24) is 14.5 Å². The van der Waals surface area contributed by atoms with Crippen LogP contribution in [0.4, 0.5) is 0 Å². The number of aryl methyl sites for hydroxylation is 1. The van der Waals surface area contributed by atoms with Crippen molar-refractivity contribution >= 4 is 46.2 Å². The van der Waals surface area contributed by atoms with E-state index in [-0.39, 0.29) is 31.9 Å². The second-order valence-corrected chi connectivity index (χ2v) is 23.0. The van der Waals surface area contributed by atoms with E-state index in [0.717, 1.165) is 61.2 Å². The molecule has 0 N–H and O–H groups in total. The third kappa shape index (κ3) is 8.83. The number of hydrogen-bond donors (Lipinski definition) is 0. The number of benzene rings is 7. The minimum atomic E-state index is -2.08. The van der Waals surface area contributed by atoms with Crippen LogP contribution in [-0.2, 0) is 20.1 Å². The van der Waals surface area contributed by atoms with Crippen LogP contribution in [0.3, 0.4) is 0 Å². The van der Waals surface area contributed by atoms with Crippen LogP contribution in [0.25, 0.3) is 83.6 Å². The van der Waals surface area contributed by atoms with Gasteiger partial charge in [0, 0.05) is 41.5 Å². The Labute approximate surface area is 396 Å². The van der Waals surface area contributed by atoms with Gasteiger partial charge in [0.1, 0.15) is 5.58 Å². The monoisotopic (exact) mass is 1030 g/mol. The first-order chi connectivity index (χ1) is 31.7. The Morgan fingerprint density at radius 1 is 0.656 bits per heavy atom. The first-order valence-corrected chi connectivity index (χ1v) is 25.3. The molecule has 0 atom stereocenters. The smallest absolute Gasteiger partial charge is 0.121 e. The quantitative estimate of drug-likeness (QED) is 0.113. The van der Waals surface area contributed by atoms with E-state index in [1.165, 1.54) is 44.8 Å². The maximum atomic E-state index is 7.35. The number of aromatic nitrogens is 3. The molecule has 0 fully saturated rings. The summed E-state index contributed by atoms with van der Waals surface area (Å²) in [4.78, 5) is 9.77. The van der Waals surface area contributed by atoms with Gasteiger partial charge in [0.2, 0.25) is 0 Å². The third-order valence-corrected chi connectivity index (χ3v) is 13.8. The van der Waals surface area contributed by atoms with Crippen molar-refractivity contribution < 1.29 is 28.6 Å². The Morgan fingerprint density at radius 2 is 1.33 bits per heavy atom. The van der Waals surface area contributed by atoms with Crippen LogP contribution >= 0.6 is 0 Å². The van der Waals surface area contributed by atoms with E-state index in [9.17, 15) is 0 Å². The van der Waals surface area contributed by atoms with Gasteiger partial charge in [0.05, 0.1) is 30.5 Å². The van der Waals surface area contributed by atoms with E-state index in [2.05, 4.69) is 190 Å². The second-order valence-electron chi connectivity index (χ2n) is 17.9. The van der Waals surface area contributed by atoms with Gasteiger partial charge in [-0.15, -0.1) is 53.6 Å². The fourth-order valence-corrected chi connectivity index (χ4v) is 9.37. The van der Waals surface area contributed by atoms with Crippen LogP contribution in [0.1, 0.15) is 60.3 Å². The summed E-state index contributed by atoms with van der Waals surface area (Å²) < 4.78 is 31.1. The van der Waals surface area contributed by atoms with E-state index >= 15 is 0 Å². The summed E-state index contributed by atoms with van der Waals surface area (Å²) in [6, 6.07) is 60.5. The number of imidazole rings is 1. The van der Waals surface area contributed by atoms with Gasteiger partial charge in [-0.3, -0.25) is 4.98 Å². The average Bonchev–Trinajstić information content (AvgIpc) is 3.90. The second kappa shape index (κ2) is 18.5. The average molecular weight is 1030 g/mol. The summed E-state index contributed by atoms with van der Waals surface area (Å²) in [5.74, 6) is 1.41. The molecule has 0 bridgehead atoms. The summed E-state index contributed by atoms with van der Waals surface area (Å²) in [5.41, 5.74) is 15.0. The molecule has 0 aliphatic carbocycles. The zero-order chi connectivity index (χ0) is 46.3. The van der Waals surface area contributed by atoms with Crippen LogP contribution < -0.4 is 5.19 Å². The fourth-order valence-electron chi connectivity index (χ4n) is 8.33. The molecule has 0 aliphatic heterocycles. The van der Waals surface area contributed by atoms with Crippen molar-refractivity contribution in [2.75, 3.05) is 0 Å². The van der Waals surface area contributed by atoms with Crippen LogP contribution in [0.5, 0.6) is 0 Å². The predicted molar refractivity (Wildman–Crippen MR) is 268 cm³/mol. The molecular formula is C58H53IrN3OSi-2. The van der Waals surface area contributed by atoms with Gasteiger partial charge in [-0.2, -0.15) is 0 Å². The van der Waals surface area contributed by atoms with E-state index in [4.69, 9.17) is 13.5 Å². The Hall–Kier alpha value is -6.17. The van der Waals surface area contributed by atoms with Crippen molar-refractivity contribution in [1.29, 1.82) is 0 Å². The van der Waals surface area contributed by atoms with Gasteiger partial charge >= 0.3 is 0 Å². The molecule has 0 amide bonds. The van der Waals surface area contributed by atoms with Gasteiger partial charge in [-0.1, -0.05) is 162 Å². The predicted octanol–water partition coefficient (Wildman–Crippen LogP) is 15.4. The number of fused-ring (bicyclic) bond motifs is 4. The standard InChI is InChI=1S/C43H35N2O.C15H18NSi.Ir/c1-27(2)36-24-32(30-16-9-6-10-17-30)25-37(28(3)4)41(36)45-39-21-12-11-20-38(39)44-43(45)35-19-13-18-34-33-23-22-31(26-40(33)46-42(34)35)29-14-7-5-8-15-29;1-12-5-7-13(8-6-12)15-10-9-14(11-16-15)17(2,3)4;/h5-18,20-28H,1-4H3;5-7,9-11H,1-4H3;/q2*-1;/i;1D3;. The minimum Gasteiger partial charge on any atom is -0.501 e. The van der Waals surface area contributed by atoms with E-state index < -0.39 is 14.9 Å². The maximum Gasteiger partial charge on any atom is 0.121 e. The van der Waals surface area contributed by atoms with Crippen LogP contribution in [0.2, 0.25) is 19.6 Å². The first-order valence-electron chi connectivity index (χ1n) is 23.3. The minimum absolute atomic E-state index is 0. The molecule has 0 unspecified atom stereocenters. The zero-order valence-electron chi connectivity index (χ0n) is 40.3. The molecule has 10 aromatic rings. The topological polar surface area (TPSA) is 43.9 Å². The van der Waals surface area contributed by atoms with Gasteiger partial charge in [0.15, 0.2) is 0 Å².